The lowest BCUT2D eigenvalue weighted by Gasteiger charge is -2.35. The Morgan fingerprint density at radius 1 is 1.12 bits per heavy atom. The molecule has 0 bridgehead atoms. The summed E-state index contributed by atoms with van der Waals surface area (Å²) >= 11 is 0. The van der Waals surface area contributed by atoms with E-state index in [1.807, 2.05) is 16.7 Å². The zero-order valence-electron chi connectivity index (χ0n) is 14.8. The van der Waals surface area contributed by atoms with Gasteiger partial charge in [-0.3, -0.25) is 4.79 Å². The van der Waals surface area contributed by atoms with Crippen LogP contribution in [-0.4, -0.2) is 54.8 Å². The summed E-state index contributed by atoms with van der Waals surface area (Å²) in [7, 11) is 1.50. The van der Waals surface area contributed by atoms with Gasteiger partial charge in [0.25, 0.3) is 0 Å². The fraction of sp³-hybridized carbons (Fsp3) is 0.529. The summed E-state index contributed by atoms with van der Waals surface area (Å²) in [5.41, 5.74) is 5.20. The number of piperazine rings is 1. The van der Waals surface area contributed by atoms with Gasteiger partial charge in [0.15, 0.2) is 11.6 Å². The number of hydrogen-bond acceptors (Lipinski definition) is 4. The second-order valence-electron chi connectivity index (χ2n) is 5.65. The third-order valence-corrected chi connectivity index (χ3v) is 4.12. The van der Waals surface area contributed by atoms with Gasteiger partial charge in [-0.15, -0.1) is 0 Å². The molecule has 0 atom stereocenters. The number of amides is 1. The topological polar surface area (TPSA) is 88.0 Å². The molecule has 1 amide bonds. The monoisotopic (exact) mass is 355 g/mol. The van der Waals surface area contributed by atoms with Gasteiger partial charge < -0.3 is 21.4 Å². The molecule has 1 aromatic carbocycles. The van der Waals surface area contributed by atoms with E-state index in [1.54, 1.807) is 6.07 Å². The van der Waals surface area contributed by atoms with Gasteiger partial charge in [-0.1, -0.05) is 6.07 Å². The van der Waals surface area contributed by atoms with E-state index in [0.717, 1.165) is 25.0 Å². The SMILES string of the molecule is C/C(=N/N)N1CCN(C(=O)CCCc2ccc(F)c(F)c2)CC1.CN. The van der Waals surface area contributed by atoms with Crippen LogP contribution in [0.3, 0.4) is 0 Å². The van der Waals surface area contributed by atoms with Gasteiger partial charge in [-0.05, 0) is 44.5 Å². The minimum absolute atomic E-state index is 0.0922. The zero-order chi connectivity index (χ0) is 18.8. The fourth-order valence-electron chi connectivity index (χ4n) is 2.66. The quantitative estimate of drug-likeness (QED) is 0.369. The van der Waals surface area contributed by atoms with Crippen molar-refractivity contribution in [3.05, 3.63) is 35.4 Å². The van der Waals surface area contributed by atoms with Crippen molar-refractivity contribution in [2.45, 2.75) is 26.2 Å². The predicted molar refractivity (Wildman–Crippen MR) is 94.9 cm³/mol. The Morgan fingerprint density at radius 3 is 2.28 bits per heavy atom. The van der Waals surface area contributed by atoms with Gasteiger partial charge in [-0.2, -0.15) is 5.10 Å². The smallest absolute Gasteiger partial charge is 0.222 e. The molecule has 2 rings (SSSR count). The number of carbonyl (C=O) groups excluding carboxylic acids is 1. The highest BCUT2D eigenvalue weighted by Crippen LogP contribution is 2.12. The van der Waals surface area contributed by atoms with Crippen molar-refractivity contribution in [1.82, 2.24) is 9.80 Å². The summed E-state index contributed by atoms with van der Waals surface area (Å²) in [6.07, 6.45) is 1.58. The van der Waals surface area contributed by atoms with Crippen molar-refractivity contribution in [3.8, 4) is 0 Å². The van der Waals surface area contributed by atoms with E-state index in [2.05, 4.69) is 10.8 Å². The molecule has 1 aliphatic rings. The highest BCUT2D eigenvalue weighted by molar-refractivity contribution is 5.80. The van der Waals surface area contributed by atoms with Crippen LogP contribution in [0, 0.1) is 11.6 Å². The number of benzene rings is 1. The number of rotatable bonds is 4. The molecule has 4 N–H and O–H groups in total. The third-order valence-electron chi connectivity index (χ3n) is 4.12. The van der Waals surface area contributed by atoms with Crippen LogP contribution in [0.15, 0.2) is 23.3 Å². The lowest BCUT2D eigenvalue weighted by atomic mass is 10.1. The first kappa shape index (κ1) is 20.8. The van der Waals surface area contributed by atoms with E-state index in [4.69, 9.17) is 5.84 Å². The molecule has 1 heterocycles. The molecule has 1 aliphatic heterocycles. The molecule has 8 heteroatoms. The zero-order valence-corrected chi connectivity index (χ0v) is 14.8. The highest BCUT2D eigenvalue weighted by atomic mass is 19.2. The normalized spacial score (nSPS) is 14.8. The maximum absolute atomic E-state index is 13.1. The Bertz CT molecular complexity index is 586. The predicted octanol–water partition coefficient (Wildman–Crippen LogP) is 1.30. The van der Waals surface area contributed by atoms with E-state index in [1.165, 1.54) is 13.1 Å². The number of hydrogen-bond donors (Lipinski definition) is 2. The first-order valence-corrected chi connectivity index (χ1v) is 8.30. The summed E-state index contributed by atoms with van der Waals surface area (Å²) < 4.78 is 26.0. The summed E-state index contributed by atoms with van der Waals surface area (Å²) in [6.45, 7) is 4.59. The number of amidine groups is 1. The minimum Gasteiger partial charge on any atom is -0.355 e. The van der Waals surface area contributed by atoms with E-state index >= 15 is 0 Å². The lowest BCUT2D eigenvalue weighted by Crippen LogP contribution is -2.50. The molecule has 0 aromatic heterocycles. The molecular formula is C17H27F2N5O. The summed E-state index contributed by atoms with van der Waals surface area (Å²) in [5, 5.41) is 3.66. The average Bonchev–Trinajstić information content (AvgIpc) is 2.65. The van der Waals surface area contributed by atoms with Gasteiger partial charge in [0.1, 0.15) is 5.84 Å². The Morgan fingerprint density at radius 2 is 1.72 bits per heavy atom. The average molecular weight is 355 g/mol. The molecule has 0 aliphatic carbocycles. The molecule has 0 unspecified atom stereocenters. The number of hydrazone groups is 1. The standard InChI is InChI=1S/C16H22F2N4O.CH5N/c1-12(20-19)21-7-9-22(10-8-21)16(23)4-2-3-13-5-6-14(17)15(18)11-13;1-2/h5-6,11H,2-4,7-10,19H2,1H3;2H2,1H3/b20-12-;. The van der Waals surface area contributed by atoms with Gasteiger partial charge in [0.05, 0.1) is 0 Å². The Kier molecular flexibility index (Phi) is 8.83. The maximum Gasteiger partial charge on any atom is 0.222 e. The maximum atomic E-state index is 13.1. The molecule has 1 aromatic rings. The summed E-state index contributed by atoms with van der Waals surface area (Å²) in [4.78, 5) is 16.0. The number of aryl methyl sites for hydroxylation is 1. The Hall–Kier alpha value is -2.22. The van der Waals surface area contributed by atoms with Gasteiger partial charge in [0.2, 0.25) is 5.91 Å². The Labute approximate surface area is 147 Å². The molecule has 25 heavy (non-hydrogen) atoms. The van der Waals surface area contributed by atoms with Crippen LogP contribution in [0.2, 0.25) is 0 Å². The van der Waals surface area contributed by atoms with Crippen molar-refractivity contribution < 1.29 is 13.6 Å². The third kappa shape index (κ3) is 6.30. The van der Waals surface area contributed by atoms with Crippen LogP contribution in [0.4, 0.5) is 8.78 Å². The fourth-order valence-corrected chi connectivity index (χ4v) is 2.66. The van der Waals surface area contributed by atoms with E-state index in [9.17, 15) is 13.6 Å². The molecule has 140 valence electrons. The van der Waals surface area contributed by atoms with E-state index in [0.29, 0.717) is 37.9 Å². The molecule has 1 saturated heterocycles. The van der Waals surface area contributed by atoms with Crippen LogP contribution in [-0.2, 0) is 11.2 Å². The van der Waals surface area contributed by atoms with Crippen molar-refractivity contribution in [2.24, 2.45) is 16.7 Å². The van der Waals surface area contributed by atoms with Crippen LogP contribution in [0.25, 0.3) is 0 Å². The van der Waals surface area contributed by atoms with E-state index in [-0.39, 0.29) is 5.91 Å². The van der Waals surface area contributed by atoms with Crippen LogP contribution in [0.1, 0.15) is 25.3 Å². The first-order valence-electron chi connectivity index (χ1n) is 8.30. The lowest BCUT2D eigenvalue weighted by molar-refractivity contribution is -0.132. The van der Waals surface area contributed by atoms with Gasteiger partial charge in [-0.25, -0.2) is 8.78 Å². The number of carbonyl (C=O) groups is 1. The molecule has 6 nitrogen and oxygen atoms in total. The minimum atomic E-state index is -0.848. The first-order chi connectivity index (χ1) is 12.0. The van der Waals surface area contributed by atoms with Crippen LogP contribution in [0.5, 0.6) is 0 Å². The van der Waals surface area contributed by atoms with Crippen molar-refractivity contribution in [3.63, 3.8) is 0 Å². The van der Waals surface area contributed by atoms with Crippen LogP contribution < -0.4 is 11.6 Å². The van der Waals surface area contributed by atoms with E-state index < -0.39 is 11.6 Å². The summed E-state index contributed by atoms with van der Waals surface area (Å²) in [6, 6.07) is 3.86. The largest absolute Gasteiger partial charge is 0.355 e. The molecule has 0 saturated carbocycles. The van der Waals surface area contributed by atoms with Crippen molar-refractivity contribution in [1.29, 1.82) is 0 Å². The van der Waals surface area contributed by atoms with Crippen molar-refractivity contribution in [2.75, 3.05) is 33.2 Å². The molecule has 0 spiro atoms. The van der Waals surface area contributed by atoms with Gasteiger partial charge >= 0.3 is 0 Å². The molecular weight excluding hydrogens is 328 g/mol. The summed E-state index contributed by atoms with van der Waals surface area (Å²) in [5.74, 6) is 4.43. The van der Waals surface area contributed by atoms with Crippen LogP contribution >= 0.6 is 0 Å². The van der Waals surface area contributed by atoms with Crippen molar-refractivity contribution >= 4 is 11.7 Å². The number of halogens is 2. The molecule has 1 fully saturated rings. The number of nitrogens with two attached hydrogens (primary N) is 2. The number of nitrogens with zero attached hydrogens (tertiary/aromatic N) is 3. The highest BCUT2D eigenvalue weighted by Gasteiger charge is 2.21. The Balaban J connectivity index is 0.00000151. The molecule has 0 radical (unpaired) electrons. The van der Waals surface area contributed by atoms with Gasteiger partial charge in [0, 0.05) is 32.6 Å². The second-order valence-corrected chi connectivity index (χ2v) is 5.65. The second kappa shape index (κ2) is 10.6.